The number of aryl methyl sites for hydroxylation is 2. The molecule has 0 saturated carbocycles. The predicted molar refractivity (Wildman–Crippen MR) is 75.9 cm³/mol. The summed E-state index contributed by atoms with van der Waals surface area (Å²) >= 11 is 0. The molecule has 1 aromatic carbocycles. The number of carbonyl (C=O) groups is 1. The number of carbonyl (C=O) groups excluding carboxylic acids is 1. The molecule has 0 heterocycles. The number of nitrogens with one attached hydrogen (secondary N) is 1. The number of halogens is 3. The lowest BCUT2D eigenvalue weighted by Gasteiger charge is -2.22. The highest BCUT2D eigenvalue weighted by Crippen LogP contribution is 2.33. The van der Waals surface area contributed by atoms with Crippen molar-refractivity contribution in [3.8, 4) is 0 Å². The van der Waals surface area contributed by atoms with E-state index in [1.165, 1.54) is 11.1 Å². The highest BCUT2D eigenvalue weighted by Gasteiger charge is 2.38. The third-order valence-corrected chi connectivity index (χ3v) is 3.70. The predicted octanol–water partition coefficient (Wildman–Crippen LogP) is 3.70. The van der Waals surface area contributed by atoms with E-state index in [0.29, 0.717) is 0 Å². The molecular weight excluding hydrogens is 279 g/mol. The van der Waals surface area contributed by atoms with Gasteiger partial charge in [0.1, 0.15) is 0 Å². The van der Waals surface area contributed by atoms with Gasteiger partial charge in [-0.3, -0.25) is 4.79 Å². The van der Waals surface area contributed by atoms with Gasteiger partial charge < -0.3 is 5.32 Å². The molecule has 1 aromatic rings. The van der Waals surface area contributed by atoms with Gasteiger partial charge in [-0.05, 0) is 55.4 Å². The molecule has 1 amide bonds. The lowest BCUT2D eigenvalue weighted by Crippen LogP contribution is -2.36. The summed E-state index contributed by atoms with van der Waals surface area (Å²) in [4.78, 5) is 10.8. The number of hydrogen-bond acceptors (Lipinski definition) is 1. The lowest BCUT2D eigenvalue weighted by molar-refractivity contribution is -0.173. The zero-order chi connectivity index (χ0) is 15.6. The van der Waals surface area contributed by atoms with Crippen molar-refractivity contribution < 1.29 is 18.0 Å². The van der Waals surface area contributed by atoms with Gasteiger partial charge in [-0.25, -0.2) is 0 Å². The molecule has 2 nitrogen and oxygen atoms in total. The van der Waals surface area contributed by atoms with Crippen LogP contribution in [0.5, 0.6) is 0 Å². The Morgan fingerprint density at radius 2 is 2.00 bits per heavy atom. The van der Waals surface area contributed by atoms with Gasteiger partial charge >= 0.3 is 12.1 Å². The molecule has 2 rings (SSSR count). The molecule has 1 aliphatic rings. The number of rotatable bonds is 2. The van der Waals surface area contributed by atoms with Crippen LogP contribution in [0, 0.1) is 13.8 Å². The molecular formula is C16H18F3NO. The summed E-state index contributed by atoms with van der Waals surface area (Å²) in [6, 6.07) is 4.19. The van der Waals surface area contributed by atoms with Crippen molar-refractivity contribution in [3.05, 3.63) is 40.5 Å². The summed E-state index contributed by atoms with van der Waals surface area (Å²) in [7, 11) is 0. The average Bonchev–Trinajstić information content (AvgIpc) is 2.38. The molecule has 0 spiro atoms. The highest BCUT2D eigenvalue weighted by molar-refractivity contribution is 5.82. The van der Waals surface area contributed by atoms with Gasteiger partial charge in [0.15, 0.2) is 0 Å². The van der Waals surface area contributed by atoms with Crippen LogP contribution in [0.1, 0.15) is 35.1 Å². The molecule has 0 aliphatic heterocycles. The maximum absolute atomic E-state index is 12.1. The molecule has 0 radical (unpaired) electrons. The Labute approximate surface area is 122 Å². The van der Waals surface area contributed by atoms with E-state index in [-0.39, 0.29) is 6.54 Å². The highest BCUT2D eigenvalue weighted by atomic mass is 19.4. The molecule has 5 heteroatoms. The van der Waals surface area contributed by atoms with E-state index in [1.807, 2.05) is 12.2 Å². The van der Waals surface area contributed by atoms with E-state index in [0.717, 1.165) is 36.0 Å². The Morgan fingerprint density at radius 3 is 2.67 bits per heavy atom. The smallest absolute Gasteiger partial charge is 0.345 e. The van der Waals surface area contributed by atoms with Crippen LogP contribution < -0.4 is 5.32 Å². The van der Waals surface area contributed by atoms with Gasteiger partial charge in [-0.2, -0.15) is 13.2 Å². The minimum absolute atomic E-state index is 0.0971. The number of fused-ring (bicyclic) bond motifs is 1. The van der Waals surface area contributed by atoms with Crippen LogP contribution in [0.3, 0.4) is 0 Å². The number of benzene rings is 1. The normalized spacial score (nSPS) is 16.7. The van der Waals surface area contributed by atoms with E-state index in [9.17, 15) is 18.0 Å². The van der Waals surface area contributed by atoms with Crippen LogP contribution in [0.15, 0.2) is 18.2 Å². The van der Waals surface area contributed by atoms with Crippen molar-refractivity contribution in [1.82, 2.24) is 5.32 Å². The summed E-state index contributed by atoms with van der Waals surface area (Å²) in [5.74, 6) is -1.89. The van der Waals surface area contributed by atoms with Gasteiger partial charge in [0, 0.05) is 6.54 Å². The Hall–Kier alpha value is -1.78. The molecule has 114 valence electrons. The summed E-state index contributed by atoms with van der Waals surface area (Å²) < 4.78 is 36.4. The van der Waals surface area contributed by atoms with Gasteiger partial charge in [0.05, 0.1) is 0 Å². The fourth-order valence-electron chi connectivity index (χ4n) is 2.79. The second kappa shape index (κ2) is 5.92. The van der Waals surface area contributed by atoms with Gasteiger partial charge in [0.2, 0.25) is 0 Å². The SMILES string of the molecule is Cc1cc(C)c2c(c1)C(=CCNC(=O)C(F)(F)F)CCC2. The molecule has 21 heavy (non-hydrogen) atoms. The quantitative estimate of drug-likeness (QED) is 0.886. The Balaban J connectivity index is 2.16. The number of hydrogen-bond donors (Lipinski definition) is 1. The minimum Gasteiger partial charge on any atom is -0.345 e. The van der Waals surface area contributed by atoms with E-state index >= 15 is 0 Å². The monoisotopic (exact) mass is 297 g/mol. The Kier molecular flexibility index (Phi) is 4.40. The number of allylic oxidation sites excluding steroid dienone is 1. The molecule has 0 atom stereocenters. The Morgan fingerprint density at radius 1 is 1.29 bits per heavy atom. The average molecular weight is 297 g/mol. The first-order chi connectivity index (χ1) is 9.79. The maximum Gasteiger partial charge on any atom is 0.471 e. The number of amides is 1. The molecule has 0 aromatic heterocycles. The van der Waals surface area contributed by atoms with E-state index < -0.39 is 12.1 Å². The molecule has 1 aliphatic carbocycles. The fraction of sp³-hybridized carbons (Fsp3) is 0.438. The minimum atomic E-state index is -4.82. The lowest BCUT2D eigenvalue weighted by atomic mass is 9.83. The molecule has 0 unspecified atom stereocenters. The summed E-state index contributed by atoms with van der Waals surface area (Å²) in [6.45, 7) is 3.96. The summed E-state index contributed by atoms with van der Waals surface area (Å²) in [5, 5.41) is 1.89. The molecule has 0 fully saturated rings. The maximum atomic E-state index is 12.1. The van der Waals surface area contributed by atoms with Crippen LogP contribution in [0.2, 0.25) is 0 Å². The van der Waals surface area contributed by atoms with E-state index in [4.69, 9.17) is 0 Å². The zero-order valence-electron chi connectivity index (χ0n) is 12.1. The zero-order valence-corrected chi connectivity index (χ0v) is 12.1. The van der Waals surface area contributed by atoms with Crippen LogP contribution in [-0.2, 0) is 11.2 Å². The van der Waals surface area contributed by atoms with Crippen LogP contribution in [0.25, 0.3) is 5.57 Å². The standard InChI is InChI=1S/C16H18F3NO/c1-10-8-11(2)13-5-3-4-12(14(13)9-10)6-7-20-15(21)16(17,18)19/h6,8-9H,3-5,7H2,1-2H3,(H,20,21). The fourth-order valence-corrected chi connectivity index (χ4v) is 2.79. The van der Waals surface area contributed by atoms with Crippen molar-refractivity contribution in [2.75, 3.05) is 6.54 Å². The summed E-state index contributed by atoms with van der Waals surface area (Å²) in [6.07, 6.45) is -0.321. The third kappa shape index (κ3) is 3.65. The molecule has 0 saturated heterocycles. The second-order valence-corrected chi connectivity index (χ2v) is 5.40. The first kappa shape index (κ1) is 15.6. The van der Waals surface area contributed by atoms with Crippen LogP contribution in [-0.4, -0.2) is 18.6 Å². The van der Waals surface area contributed by atoms with E-state index in [1.54, 1.807) is 6.08 Å². The van der Waals surface area contributed by atoms with Crippen molar-refractivity contribution >= 4 is 11.5 Å². The van der Waals surface area contributed by atoms with Crippen LogP contribution >= 0.6 is 0 Å². The first-order valence-corrected chi connectivity index (χ1v) is 6.93. The van der Waals surface area contributed by atoms with Crippen molar-refractivity contribution in [1.29, 1.82) is 0 Å². The first-order valence-electron chi connectivity index (χ1n) is 6.93. The topological polar surface area (TPSA) is 29.1 Å². The van der Waals surface area contributed by atoms with Gasteiger partial charge in [-0.15, -0.1) is 0 Å². The van der Waals surface area contributed by atoms with Crippen molar-refractivity contribution in [2.45, 2.75) is 39.3 Å². The Bertz CT molecular complexity index is 588. The summed E-state index contributed by atoms with van der Waals surface area (Å²) in [5.41, 5.74) is 5.75. The van der Waals surface area contributed by atoms with Gasteiger partial charge in [-0.1, -0.05) is 23.8 Å². The molecule has 1 N–H and O–H groups in total. The largest absolute Gasteiger partial charge is 0.471 e. The van der Waals surface area contributed by atoms with Gasteiger partial charge in [0.25, 0.3) is 0 Å². The third-order valence-electron chi connectivity index (χ3n) is 3.70. The van der Waals surface area contributed by atoms with Crippen molar-refractivity contribution in [3.63, 3.8) is 0 Å². The van der Waals surface area contributed by atoms with Crippen LogP contribution in [0.4, 0.5) is 13.2 Å². The van der Waals surface area contributed by atoms with Crippen molar-refractivity contribution in [2.24, 2.45) is 0 Å². The number of alkyl halides is 3. The molecule has 0 bridgehead atoms. The second-order valence-electron chi connectivity index (χ2n) is 5.40. The van der Waals surface area contributed by atoms with E-state index in [2.05, 4.69) is 19.1 Å².